The fourth-order valence-electron chi connectivity index (χ4n) is 0.472. The molecule has 2 heteroatoms. The van der Waals surface area contributed by atoms with Crippen LogP contribution >= 0.6 is 0 Å². The SMILES string of the molecule is C1COC[OH+]C1. The van der Waals surface area contributed by atoms with Gasteiger partial charge in [-0.25, -0.2) is 0 Å². The number of ether oxygens (including phenoxy) is 2. The summed E-state index contributed by atoms with van der Waals surface area (Å²) in [6.45, 7) is 2.53. The molecule has 2 nitrogen and oxygen atoms in total. The minimum absolute atomic E-state index is 0.625. The Morgan fingerprint density at radius 1 is 1.50 bits per heavy atom. The summed E-state index contributed by atoms with van der Waals surface area (Å²) in [5, 5.41) is 0. The smallest absolute Gasteiger partial charge is 0.254 e. The number of rotatable bonds is 0. The van der Waals surface area contributed by atoms with E-state index in [1.807, 2.05) is 0 Å². The standard InChI is InChI=1S/C4H8O2/c1-2-5-4-6-3-1/h1-4H2/p+1. The van der Waals surface area contributed by atoms with Crippen molar-refractivity contribution in [2.24, 2.45) is 0 Å². The molecular weight excluding hydrogens is 80.0 g/mol. The lowest BCUT2D eigenvalue weighted by Gasteiger charge is -2.06. The molecule has 1 saturated heterocycles. The fourth-order valence-corrected chi connectivity index (χ4v) is 0.472. The maximum Gasteiger partial charge on any atom is 0.254 e. The van der Waals surface area contributed by atoms with Gasteiger partial charge >= 0.3 is 0 Å². The van der Waals surface area contributed by atoms with Gasteiger partial charge in [0, 0.05) is 6.42 Å². The van der Waals surface area contributed by atoms with Crippen molar-refractivity contribution in [3.63, 3.8) is 0 Å². The average Bonchev–Trinajstić information content (AvgIpc) is 1.72. The highest BCUT2D eigenvalue weighted by molar-refractivity contribution is 4.33. The van der Waals surface area contributed by atoms with Crippen molar-refractivity contribution in [3.05, 3.63) is 0 Å². The number of hydrogen-bond acceptors (Lipinski definition) is 1. The molecule has 1 fully saturated rings. The first kappa shape index (κ1) is 4.09. The summed E-state index contributed by atoms with van der Waals surface area (Å²) >= 11 is 0. The molecule has 0 aromatic heterocycles. The molecule has 0 saturated carbocycles. The van der Waals surface area contributed by atoms with Gasteiger partial charge < -0.3 is 9.47 Å². The Morgan fingerprint density at radius 2 is 2.50 bits per heavy atom. The molecule has 6 heavy (non-hydrogen) atoms. The summed E-state index contributed by atoms with van der Waals surface area (Å²) in [6.07, 6.45) is 1.11. The molecule has 36 valence electrons. The third kappa shape index (κ3) is 0.954. The third-order valence-electron chi connectivity index (χ3n) is 0.787. The molecule has 0 aromatic carbocycles. The van der Waals surface area contributed by atoms with Gasteiger partial charge in [0.05, 0.1) is 6.61 Å². The molecule has 0 spiro atoms. The summed E-state index contributed by atoms with van der Waals surface area (Å²) in [6, 6.07) is 0. The molecule has 1 N–H and O–H groups in total. The Hall–Kier alpha value is -0.0800. The normalized spacial score (nSPS) is 24.0. The second kappa shape index (κ2) is 2.16. The van der Waals surface area contributed by atoms with E-state index in [1.54, 1.807) is 0 Å². The van der Waals surface area contributed by atoms with Crippen LogP contribution in [0.2, 0.25) is 0 Å². The minimum Gasteiger partial charge on any atom is -0.412 e. The van der Waals surface area contributed by atoms with Crippen molar-refractivity contribution < 1.29 is 9.47 Å². The van der Waals surface area contributed by atoms with Crippen molar-refractivity contribution in [1.29, 1.82) is 0 Å². The van der Waals surface area contributed by atoms with Crippen molar-refractivity contribution >= 4 is 0 Å². The molecule has 0 radical (unpaired) electrons. The quantitative estimate of drug-likeness (QED) is 0.379. The first-order valence-corrected chi connectivity index (χ1v) is 2.21. The lowest BCUT2D eigenvalue weighted by Crippen LogP contribution is -2.15. The van der Waals surface area contributed by atoms with Crippen LogP contribution < -0.4 is 0 Å². The van der Waals surface area contributed by atoms with Crippen LogP contribution in [0, 0.1) is 0 Å². The Balaban J connectivity index is 2.00. The first-order chi connectivity index (χ1) is 3.00. The van der Waals surface area contributed by atoms with E-state index in [2.05, 4.69) is 4.74 Å². The summed E-state index contributed by atoms with van der Waals surface area (Å²) in [5.74, 6) is 0. The van der Waals surface area contributed by atoms with E-state index in [0.29, 0.717) is 6.79 Å². The minimum atomic E-state index is 0.625. The molecule has 0 unspecified atom stereocenters. The van der Waals surface area contributed by atoms with Crippen LogP contribution in [0.25, 0.3) is 0 Å². The summed E-state index contributed by atoms with van der Waals surface area (Å²) in [4.78, 5) is 0. The molecule has 1 aliphatic heterocycles. The van der Waals surface area contributed by atoms with E-state index in [0.717, 1.165) is 19.6 Å². The second-order valence-electron chi connectivity index (χ2n) is 1.34. The van der Waals surface area contributed by atoms with E-state index < -0.39 is 0 Å². The zero-order valence-corrected chi connectivity index (χ0v) is 3.68. The van der Waals surface area contributed by atoms with Crippen LogP contribution in [0.1, 0.15) is 6.42 Å². The van der Waals surface area contributed by atoms with Gasteiger partial charge in [0.1, 0.15) is 6.61 Å². The Kier molecular flexibility index (Phi) is 1.47. The Labute approximate surface area is 37.1 Å². The first-order valence-electron chi connectivity index (χ1n) is 2.21. The van der Waals surface area contributed by atoms with Crippen LogP contribution in [0.15, 0.2) is 0 Å². The molecule has 1 heterocycles. The van der Waals surface area contributed by atoms with Gasteiger partial charge in [0.15, 0.2) is 0 Å². The van der Waals surface area contributed by atoms with E-state index in [4.69, 9.17) is 4.74 Å². The molecule has 0 aromatic rings. The van der Waals surface area contributed by atoms with Gasteiger partial charge in [-0.15, -0.1) is 0 Å². The fraction of sp³-hybridized carbons (Fsp3) is 1.00. The monoisotopic (exact) mass is 89.1 g/mol. The van der Waals surface area contributed by atoms with E-state index >= 15 is 0 Å². The largest absolute Gasteiger partial charge is 0.412 e. The second-order valence-corrected chi connectivity index (χ2v) is 1.34. The predicted molar refractivity (Wildman–Crippen MR) is 22.5 cm³/mol. The van der Waals surface area contributed by atoms with Gasteiger partial charge in [-0.1, -0.05) is 0 Å². The van der Waals surface area contributed by atoms with Crippen LogP contribution in [0.5, 0.6) is 0 Å². The highest BCUT2D eigenvalue weighted by Crippen LogP contribution is 1.88. The zero-order chi connectivity index (χ0) is 4.24. The van der Waals surface area contributed by atoms with Crippen LogP contribution in [0.4, 0.5) is 0 Å². The van der Waals surface area contributed by atoms with E-state index in [1.165, 1.54) is 0 Å². The average molecular weight is 89.1 g/mol. The van der Waals surface area contributed by atoms with E-state index in [-0.39, 0.29) is 0 Å². The van der Waals surface area contributed by atoms with Crippen molar-refractivity contribution in [1.82, 2.24) is 0 Å². The lowest BCUT2D eigenvalue weighted by atomic mass is 10.5. The van der Waals surface area contributed by atoms with Gasteiger partial charge in [0.25, 0.3) is 6.79 Å². The lowest BCUT2D eigenvalue weighted by molar-refractivity contribution is -0.196. The topological polar surface area (TPSA) is 22.0 Å². The van der Waals surface area contributed by atoms with Crippen LogP contribution in [0.3, 0.4) is 0 Å². The molecule has 1 rings (SSSR count). The molecule has 0 amide bonds. The summed E-state index contributed by atoms with van der Waals surface area (Å²) in [7, 11) is 0. The number of hydrogen-bond donors (Lipinski definition) is 0. The van der Waals surface area contributed by atoms with Gasteiger partial charge in [-0.2, -0.15) is 0 Å². The van der Waals surface area contributed by atoms with Crippen molar-refractivity contribution in [2.75, 3.05) is 20.0 Å². The Morgan fingerprint density at radius 3 is 2.67 bits per heavy atom. The molecule has 0 bridgehead atoms. The van der Waals surface area contributed by atoms with Crippen LogP contribution in [-0.4, -0.2) is 24.7 Å². The Bertz CT molecular complexity index is 21.0. The summed E-state index contributed by atoms with van der Waals surface area (Å²) < 4.78 is 8.86. The third-order valence-corrected chi connectivity index (χ3v) is 0.787. The van der Waals surface area contributed by atoms with Crippen molar-refractivity contribution in [3.8, 4) is 0 Å². The van der Waals surface area contributed by atoms with E-state index in [9.17, 15) is 0 Å². The number of aliphatic hydroxyl groups is 2. The molecule has 1 aliphatic rings. The maximum absolute atomic E-state index is 4.90. The molecule has 0 aliphatic carbocycles. The van der Waals surface area contributed by atoms with Gasteiger partial charge in [-0.05, 0) is 0 Å². The van der Waals surface area contributed by atoms with Gasteiger partial charge in [0.2, 0.25) is 0 Å². The molecule has 0 atom stereocenters. The highest BCUT2D eigenvalue weighted by Gasteiger charge is 1.98. The zero-order valence-electron chi connectivity index (χ0n) is 3.68. The van der Waals surface area contributed by atoms with Gasteiger partial charge in [-0.3, -0.25) is 0 Å². The maximum atomic E-state index is 4.90. The predicted octanol–water partition coefficient (Wildman–Crippen LogP) is -0.108. The summed E-state index contributed by atoms with van der Waals surface area (Å²) in [5.41, 5.74) is 0. The van der Waals surface area contributed by atoms with Crippen molar-refractivity contribution in [2.45, 2.75) is 6.42 Å². The molecular formula is C4H9O2+. The van der Waals surface area contributed by atoms with Crippen LogP contribution in [-0.2, 0) is 4.74 Å². The highest BCUT2D eigenvalue weighted by atomic mass is 16.7.